The quantitative estimate of drug-likeness (QED) is 0.638. The van der Waals surface area contributed by atoms with Crippen molar-refractivity contribution in [3.63, 3.8) is 0 Å². The van der Waals surface area contributed by atoms with Gasteiger partial charge in [-0.1, -0.05) is 0 Å². The van der Waals surface area contributed by atoms with Gasteiger partial charge in [-0.3, -0.25) is 4.79 Å². The highest BCUT2D eigenvalue weighted by Crippen LogP contribution is 2.11. The molecule has 1 rings (SSSR count). The van der Waals surface area contributed by atoms with Crippen LogP contribution in [0.4, 0.5) is 0 Å². The van der Waals surface area contributed by atoms with Crippen molar-refractivity contribution >= 4 is 18.5 Å². The zero-order valence-electron chi connectivity index (χ0n) is 7.08. The van der Waals surface area contributed by atoms with Gasteiger partial charge in [-0.15, -0.1) is 0 Å². The molecule has 0 aromatic heterocycles. The van der Waals surface area contributed by atoms with Gasteiger partial charge in [0.25, 0.3) is 0 Å². The van der Waals surface area contributed by atoms with Crippen molar-refractivity contribution < 1.29 is 9.53 Å². The van der Waals surface area contributed by atoms with Crippen LogP contribution in [0.15, 0.2) is 0 Å². The maximum Gasteiger partial charge on any atom is 0.229 e. The minimum Gasteiger partial charge on any atom is -0.376 e. The summed E-state index contributed by atoms with van der Waals surface area (Å²) in [5, 5.41) is 2.76. The molecule has 1 unspecified atom stereocenters. The lowest BCUT2D eigenvalue weighted by molar-refractivity contribution is -0.119. The fraction of sp³-hybridized carbons (Fsp3) is 0.875. The molecule has 0 spiro atoms. The largest absolute Gasteiger partial charge is 0.376 e. The normalized spacial score (nSPS) is 23.6. The van der Waals surface area contributed by atoms with Crippen LogP contribution in [0.3, 0.4) is 0 Å². The minimum absolute atomic E-state index is 0.0208. The van der Waals surface area contributed by atoms with Gasteiger partial charge in [0.2, 0.25) is 5.91 Å². The zero-order valence-corrected chi connectivity index (χ0v) is 7.98. The average molecular weight is 189 g/mol. The molecule has 0 saturated carbocycles. The predicted molar refractivity (Wildman–Crippen MR) is 50.5 cm³/mol. The second kappa shape index (κ2) is 5.43. The van der Waals surface area contributed by atoms with Crippen molar-refractivity contribution in [1.82, 2.24) is 5.32 Å². The molecule has 1 aliphatic heterocycles. The van der Waals surface area contributed by atoms with Gasteiger partial charge in [0, 0.05) is 13.2 Å². The highest BCUT2D eigenvalue weighted by Gasteiger charge is 2.13. The first kappa shape index (κ1) is 9.86. The molecule has 1 fully saturated rings. The van der Waals surface area contributed by atoms with Crippen molar-refractivity contribution in [3.05, 3.63) is 0 Å². The smallest absolute Gasteiger partial charge is 0.229 e. The number of carbonyl (C=O) groups is 1. The third-order valence-corrected chi connectivity index (χ3v) is 2.23. The summed E-state index contributed by atoms with van der Waals surface area (Å²) in [6.45, 7) is 1.47. The molecule has 0 aromatic carbocycles. The number of nitrogens with one attached hydrogen (secondary N) is 1. The minimum atomic E-state index is -0.0208. The van der Waals surface area contributed by atoms with E-state index < -0.39 is 0 Å². The highest BCUT2D eigenvalue weighted by atomic mass is 32.1. The number of hydrogen-bond donors (Lipinski definition) is 2. The van der Waals surface area contributed by atoms with E-state index in [4.69, 9.17) is 4.74 Å². The molecule has 0 radical (unpaired) electrons. The van der Waals surface area contributed by atoms with Gasteiger partial charge in [-0.05, 0) is 19.3 Å². The molecule has 3 nitrogen and oxygen atoms in total. The summed E-state index contributed by atoms with van der Waals surface area (Å²) in [7, 11) is 0. The van der Waals surface area contributed by atoms with Gasteiger partial charge in [0.15, 0.2) is 0 Å². The third kappa shape index (κ3) is 3.45. The second-order valence-corrected chi connectivity index (χ2v) is 3.27. The number of carbonyl (C=O) groups excluding carboxylic acids is 1. The summed E-state index contributed by atoms with van der Waals surface area (Å²) >= 11 is 3.86. The van der Waals surface area contributed by atoms with E-state index in [2.05, 4.69) is 17.9 Å². The van der Waals surface area contributed by atoms with Crippen molar-refractivity contribution in [2.75, 3.05) is 18.9 Å². The van der Waals surface area contributed by atoms with E-state index >= 15 is 0 Å². The Balaban J connectivity index is 2.09. The van der Waals surface area contributed by atoms with E-state index in [9.17, 15) is 4.79 Å². The molecular formula is C8H15NO2S. The monoisotopic (exact) mass is 189 g/mol. The van der Waals surface area contributed by atoms with Crippen LogP contribution in [-0.2, 0) is 9.53 Å². The molecule has 4 heteroatoms. The molecule has 1 atom stereocenters. The van der Waals surface area contributed by atoms with E-state index in [1.165, 1.54) is 6.42 Å². The van der Waals surface area contributed by atoms with Gasteiger partial charge in [0.05, 0.1) is 11.9 Å². The standard InChI is InChI=1S/C8H15NO2S/c10-8(6-12)9-5-7-3-1-2-4-11-7/h7,12H,1-6H2,(H,9,10). The maximum atomic E-state index is 10.8. The van der Waals surface area contributed by atoms with Gasteiger partial charge in [-0.25, -0.2) is 0 Å². The van der Waals surface area contributed by atoms with Crippen molar-refractivity contribution in [2.24, 2.45) is 0 Å². The van der Waals surface area contributed by atoms with E-state index in [0.717, 1.165) is 19.4 Å². The first-order valence-electron chi connectivity index (χ1n) is 4.32. The molecule has 12 heavy (non-hydrogen) atoms. The van der Waals surface area contributed by atoms with Gasteiger partial charge < -0.3 is 10.1 Å². The van der Waals surface area contributed by atoms with Crippen molar-refractivity contribution in [3.8, 4) is 0 Å². The van der Waals surface area contributed by atoms with Gasteiger partial charge >= 0.3 is 0 Å². The number of amides is 1. The molecule has 70 valence electrons. The van der Waals surface area contributed by atoms with Crippen LogP contribution < -0.4 is 5.32 Å². The van der Waals surface area contributed by atoms with Crippen LogP contribution in [0.1, 0.15) is 19.3 Å². The third-order valence-electron chi connectivity index (χ3n) is 1.94. The Morgan fingerprint density at radius 2 is 2.42 bits per heavy atom. The molecule has 1 amide bonds. The fourth-order valence-corrected chi connectivity index (χ4v) is 1.36. The summed E-state index contributed by atoms with van der Waals surface area (Å²) in [6.07, 6.45) is 3.65. The Bertz CT molecular complexity index is 146. The fourth-order valence-electron chi connectivity index (χ4n) is 1.25. The van der Waals surface area contributed by atoms with Crippen LogP contribution in [0.5, 0.6) is 0 Å². The first-order chi connectivity index (χ1) is 5.83. The topological polar surface area (TPSA) is 38.3 Å². The summed E-state index contributed by atoms with van der Waals surface area (Å²) in [4.78, 5) is 10.8. The van der Waals surface area contributed by atoms with Crippen LogP contribution in [0.25, 0.3) is 0 Å². The van der Waals surface area contributed by atoms with Gasteiger partial charge in [0.1, 0.15) is 0 Å². The summed E-state index contributed by atoms with van der Waals surface area (Å²) in [5.41, 5.74) is 0. The predicted octanol–water partition coefficient (Wildman–Crippen LogP) is 0.601. The summed E-state index contributed by atoms with van der Waals surface area (Å²) in [6, 6.07) is 0. The van der Waals surface area contributed by atoms with Gasteiger partial charge in [-0.2, -0.15) is 12.6 Å². The van der Waals surface area contributed by atoms with E-state index in [-0.39, 0.29) is 17.8 Å². The van der Waals surface area contributed by atoms with Crippen LogP contribution in [0, 0.1) is 0 Å². The average Bonchev–Trinajstić information content (AvgIpc) is 2.16. The number of thiol groups is 1. The zero-order chi connectivity index (χ0) is 8.81. The molecular weight excluding hydrogens is 174 g/mol. The molecule has 1 heterocycles. The molecule has 0 aromatic rings. The van der Waals surface area contributed by atoms with Crippen LogP contribution >= 0.6 is 12.6 Å². The lowest BCUT2D eigenvalue weighted by Crippen LogP contribution is -2.35. The summed E-state index contributed by atoms with van der Waals surface area (Å²) in [5.74, 6) is 0.236. The van der Waals surface area contributed by atoms with E-state index in [1.54, 1.807) is 0 Å². The Morgan fingerprint density at radius 3 is 3.00 bits per heavy atom. The Hall–Kier alpha value is -0.220. The van der Waals surface area contributed by atoms with Crippen molar-refractivity contribution in [1.29, 1.82) is 0 Å². The van der Waals surface area contributed by atoms with Crippen LogP contribution in [-0.4, -0.2) is 30.9 Å². The van der Waals surface area contributed by atoms with E-state index in [0.29, 0.717) is 6.54 Å². The molecule has 0 bridgehead atoms. The SMILES string of the molecule is O=C(CS)NCC1CCCCO1. The van der Waals surface area contributed by atoms with Crippen molar-refractivity contribution in [2.45, 2.75) is 25.4 Å². The molecule has 0 aliphatic carbocycles. The first-order valence-corrected chi connectivity index (χ1v) is 4.95. The lowest BCUT2D eigenvalue weighted by Gasteiger charge is -2.22. The molecule has 1 N–H and O–H groups in total. The lowest BCUT2D eigenvalue weighted by atomic mass is 10.1. The number of hydrogen-bond acceptors (Lipinski definition) is 3. The Labute approximate surface area is 78.3 Å². The maximum absolute atomic E-state index is 10.8. The Kier molecular flexibility index (Phi) is 4.46. The molecule has 1 aliphatic rings. The number of ether oxygens (including phenoxy) is 1. The number of rotatable bonds is 3. The molecule has 1 saturated heterocycles. The highest BCUT2D eigenvalue weighted by molar-refractivity contribution is 7.81. The van der Waals surface area contributed by atoms with Crippen LogP contribution in [0.2, 0.25) is 0 Å². The van der Waals surface area contributed by atoms with E-state index in [1.807, 2.05) is 0 Å². The second-order valence-electron chi connectivity index (χ2n) is 2.95. The Morgan fingerprint density at radius 1 is 1.58 bits per heavy atom. The summed E-state index contributed by atoms with van der Waals surface area (Å²) < 4.78 is 5.43.